The second-order valence-electron chi connectivity index (χ2n) is 1.98. The Morgan fingerprint density at radius 3 is 2.64 bits per heavy atom. The van der Waals surface area contributed by atoms with Gasteiger partial charge in [0, 0.05) is 6.42 Å². The minimum Gasteiger partial charge on any atom is -0.449 e. The van der Waals surface area contributed by atoms with Gasteiger partial charge in [-0.05, 0) is 0 Å². The Kier molecular flexibility index (Phi) is 5.27. The molecule has 2 atom stereocenters. The van der Waals surface area contributed by atoms with Gasteiger partial charge >= 0.3 is 5.97 Å². The predicted molar refractivity (Wildman–Crippen MR) is 42.2 cm³/mol. The van der Waals surface area contributed by atoms with Gasteiger partial charge in [-0.2, -0.15) is 0 Å². The van der Waals surface area contributed by atoms with Crippen molar-refractivity contribution in [2.24, 2.45) is 0 Å². The van der Waals surface area contributed by atoms with E-state index in [4.69, 9.17) is 10.2 Å². The van der Waals surface area contributed by atoms with Gasteiger partial charge in [-0.25, -0.2) is 0 Å². The molecule has 0 aromatic rings. The number of aliphatic hydroxyl groups excluding tert-OH is 2. The number of thiol groups is 1. The van der Waals surface area contributed by atoms with Gasteiger partial charge in [0.15, 0.2) is 5.44 Å². The summed E-state index contributed by atoms with van der Waals surface area (Å²) >= 11 is 3.75. The Labute approximate surface area is 70.6 Å². The van der Waals surface area contributed by atoms with Crippen LogP contribution in [0.15, 0.2) is 0 Å². The van der Waals surface area contributed by atoms with Gasteiger partial charge in [0.1, 0.15) is 6.10 Å². The zero-order valence-electron chi connectivity index (χ0n) is 6.23. The first-order chi connectivity index (χ1) is 5.11. The lowest BCUT2D eigenvalue weighted by Crippen LogP contribution is -2.29. The number of rotatable bonds is 4. The van der Waals surface area contributed by atoms with Crippen molar-refractivity contribution in [2.75, 3.05) is 6.61 Å². The van der Waals surface area contributed by atoms with Crippen molar-refractivity contribution in [3.05, 3.63) is 0 Å². The third-order valence-corrected chi connectivity index (χ3v) is 1.51. The Hall–Kier alpha value is -0.260. The van der Waals surface area contributed by atoms with Crippen molar-refractivity contribution in [1.29, 1.82) is 0 Å². The summed E-state index contributed by atoms with van der Waals surface area (Å²) in [5.41, 5.74) is -0.938. The molecule has 66 valence electrons. The molecule has 0 fully saturated rings. The van der Waals surface area contributed by atoms with Crippen molar-refractivity contribution in [1.82, 2.24) is 0 Å². The van der Waals surface area contributed by atoms with Crippen molar-refractivity contribution in [3.8, 4) is 0 Å². The largest absolute Gasteiger partial charge is 0.449 e. The average molecular weight is 180 g/mol. The monoisotopic (exact) mass is 180 g/mol. The normalized spacial score (nSPS) is 15.6. The molecular formula is C6H12O4S. The van der Waals surface area contributed by atoms with Crippen LogP contribution in [0.2, 0.25) is 0 Å². The molecule has 0 aliphatic rings. The van der Waals surface area contributed by atoms with E-state index in [1.807, 2.05) is 0 Å². The zero-order valence-corrected chi connectivity index (χ0v) is 7.12. The van der Waals surface area contributed by atoms with Crippen LogP contribution in [0.4, 0.5) is 0 Å². The summed E-state index contributed by atoms with van der Waals surface area (Å²) in [5.74, 6) is -0.447. The molecule has 0 radical (unpaired) electrons. The van der Waals surface area contributed by atoms with E-state index in [0.29, 0.717) is 0 Å². The maximum atomic E-state index is 10.6. The summed E-state index contributed by atoms with van der Waals surface area (Å²) in [6, 6.07) is 0. The van der Waals surface area contributed by atoms with E-state index < -0.39 is 24.1 Å². The average Bonchev–Trinajstić information content (AvgIpc) is 2.02. The molecule has 0 aliphatic carbocycles. The first-order valence-electron chi connectivity index (χ1n) is 3.28. The molecule has 0 rings (SSSR count). The van der Waals surface area contributed by atoms with E-state index in [1.54, 1.807) is 6.92 Å². The van der Waals surface area contributed by atoms with Gasteiger partial charge in [0.2, 0.25) is 0 Å². The van der Waals surface area contributed by atoms with Crippen LogP contribution in [0.3, 0.4) is 0 Å². The summed E-state index contributed by atoms with van der Waals surface area (Å²) in [6.07, 6.45) is -0.885. The van der Waals surface area contributed by atoms with Crippen LogP contribution < -0.4 is 0 Å². The van der Waals surface area contributed by atoms with Gasteiger partial charge < -0.3 is 14.9 Å². The van der Waals surface area contributed by atoms with E-state index in [9.17, 15) is 4.79 Å². The van der Waals surface area contributed by atoms with Crippen molar-refractivity contribution >= 4 is 18.6 Å². The lowest BCUT2D eigenvalue weighted by atomic mass is 10.4. The molecule has 11 heavy (non-hydrogen) atoms. The van der Waals surface area contributed by atoms with Gasteiger partial charge in [0.05, 0.1) is 6.61 Å². The molecule has 2 N–H and O–H groups in total. The minimum absolute atomic E-state index is 0.231. The number of ether oxygens (including phenoxy) is 1. The highest BCUT2D eigenvalue weighted by Crippen LogP contribution is 2.04. The summed E-state index contributed by atoms with van der Waals surface area (Å²) in [4.78, 5) is 10.6. The van der Waals surface area contributed by atoms with Crippen LogP contribution >= 0.6 is 12.6 Å². The first-order valence-corrected chi connectivity index (χ1v) is 3.80. The van der Waals surface area contributed by atoms with Crippen LogP contribution in [-0.4, -0.2) is 34.3 Å². The van der Waals surface area contributed by atoms with Gasteiger partial charge in [-0.15, -0.1) is 12.6 Å². The molecule has 0 saturated heterocycles. The fourth-order valence-electron chi connectivity index (χ4n) is 0.387. The summed E-state index contributed by atoms with van der Waals surface area (Å²) in [6.45, 7) is 1.17. The number of carbonyl (C=O) groups is 1. The summed E-state index contributed by atoms with van der Waals surface area (Å²) in [5, 5.41) is 17.3. The van der Waals surface area contributed by atoms with Crippen molar-refractivity contribution in [2.45, 2.75) is 24.9 Å². The SMILES string of the molecule is CCC(=O)OC(S)C(O)CO. The molecule has 0 aromatic carbocycles. The molecule has 0 aromatic heterocycles. The fraction of sp³-hybridized carbons (Fsp3) is 0.833. The van der Waals surface area contributed by atoms with E-state index in [2.05, 4.69) is 17.4 Å². The molecule has 4 nitrogen and oxygen atoms in total. The lowest BCUT2D eigenvalue weighted by Gasteiger charge is -2.15. The molecule has 0 amide bonds. The number of hydrogen-bond acceptors (Lipinski definition) is 5. The minimum atomic E-state index is -1.12. The number of aliphatic hydroxyl groups is 2. The topological polar surface area (TPSA) is 66.8 Å². The van der Waals surface area contributed by atoms with Gasteiger partial charge in [-0.1, -0.05) is 6.92 Å². The van der Waals surface area contributed by atoms with E-state index in [1.165, 1.54) is 0 Å². The molecule has 0 heterocycles. The fourth-order valence-corrected chi connectivity index (χ4v) is 0.599. The molecule has 0 bridgehead atoms. The zero-order chi connectivity index (χ0) is 8.85. The molecule has 2 unspecified atom stereocenters. The molecule has 0 spiro atoms. The van der Waals surface area contributed by atoms with Gasteiger partial charge in [-0.3, -0.25) is 4.79 Å². The maximum Gasteiger partial charge on any atom is 0.306 e. The Bertz CT molecular complexity index is 128. The van der Waals surface area contributed by atoms with Crippen LogP contribution in [0, 0.1) is 0 Å². The third-order valence-electron chi connectivity index (χ3n) is 1.06. The second kappa shape index (κ2) is 5.40. The number of hydrogen-bond donors (Lipinski definition) is 3. The molecule has 5 heteroatoms. The highest BCUT2D eigenvalue weighted by atomic mass is 32.1. The molecular weight excluding hydrogens is 168 g/mol. The smallest absolute Gasteiger partial charge is 0.306 e. The number of esters is 1. The Balaban J connectivity index is 3.67. The standard InChI is InChI=1S/C6H12O4S/c1-2-5(9)10-6(11)4(8)3-7/h4,6-8,11H,2-3H2,1H3. The van der Waals surface area contributed by atoms with E-state index >= 15 is 0 Å². The maximum absolute atomic E-state index is 10.6. The predicted octanol–water partition coefficient (Wildman–Crippen LogP) is -0.451. The first kappa shape index (κ1) is 10.7. The van der Waals surface area contributed by atoms with Crippen LogP contribution in [0.1, 0.15) is 13.3 Å². The summed E-state index contributed by atoms with van der Waals surface area (Å²) in [7, 11) is 0. The van der Waals surface area contributed by atoms with Crippen molar-refractivity contribution in [3.63, 3.8) is 0 Å². The quantitative estimate of drug-likeness (QED) is 0.311. The van der Waals surface area contributed by atoms with E-state index in [-0.39, 0.29) is 6.42 Å². The van der Waals surface area contributed by atoms with Crippen LogP contribution in [0.5, 0.6) is 0 Å². The van der Waals surface area contributed by atoms with Crippen LogP contribution in [-0.2, 0) is 9.53 Å². The summed E-state index contributed by atoms with van der Waals surface area (Å²) < 4.78 is 4.57. The van der Waals surface area contributed by atoms with E-state index in [0.717, 1.165) is 0 Å². The highest BCUT2D eigenvalue weighted by molar-refractivity contribution is 7.80. The molecule has 0 saturated carbocycles. The molecule has 0 aliphatic heterocycles. The van der Waals surface area contributed by atoms with Gasteiger partial charge in [0.25, 0.3) is 0 Å². The Morgan fingerprint density at radius 2 is 2.27 bits per heavy atom. The Morgan fingerprint density at radius 1 is 1.73 bits per heavy atom. The number of carbonyl (C=O) groups excluding carboxylic acids is 1. The highest BCUT2D eigenvalue weighted by Gasteiger charge is 2.17. The third kappa shape index (κ3) is 4.23. The second-order valence-corrected chi connectivity index (χ2v) is 2.49. The van der Waals surface area contributed by atoms with Crippen LogP contribution in [0.25, 0.3) is 0 Å². The lowest BCUT2D eigenvalue weighted by molar-refractivity contribution is -0.149. The van der Waals surface area contributed by atoms with Crippen molar-refractivity contribution < 1.29 is 19.7 Å².